The summed E-state index contributed by atoms with van der Waals surface area (Å²) in [6, 6.07) is 4.10. The minimum absolute atomic E-state index is 0.595. The Labute approximate surface area is 135 Å². The Morgan fingerprint density at radius 2 is 1.73 bits per heavy atom. The highest BCUT2D eigenvalue weighted by Crippen LogP contribution is 2.25. The summed E-state index contributed by atoms with van der Waals surface area (Å²) in [5.74, 6) is 1.62. The van der Waals surface area contributed by atoms with Gasteiger partial charge in [0.25, 0.3) is 0 Å². The summed E-state index contributed by atoms with van der Waals surface area (Å²) < 4.78 is 10.8. The highest BCUT2D eigenvalue weighted by Gasteiger charge is 2.14. The molecule has 2 aliphatic heterocycles. The van der Waals surface area contributed by atoms with Crippen LogP contribution in [0.25, 0.3) is 0 Å². The number of nitrogens with two attached hydrogens (primary N) is 1. The molecule has 0 aliphatic carbocycles. The summed E-state index contributed by atoms with van der Waals surface area (Å²) in [6.07, 6.45) is 0. The molecule has 0 bridgehead atoms. The average Bonchev–Trinajstić information content (AvgIpc) is 2.56. The highest BCUT2D eigenvalue weighted by molar-refractivity contribution is 7.99. The number of thioether (sulfide) groups is 1. The van der Waals surface area contributed by atoms with Gasteiger partial charge in [-0.3, -0.25) is 4.90 Å². The molecule has 0 spiro atoms. The zero-order chi connectivity index (χ0) is 15.2. The molecular formula is C15H24N4O2S. The fourth-order valence-corrected chi connectivity index (χ4v) is 3.63. The number of rotatable bonds is 5. The standard InChI is InChI=1S/C15H24N4O2S/c16-14-11-13(19-3-8-21-9-4-19)12-15(17-14)22-10-5-18-1-6-20-7-2-18/h11-12H,1-10H2,(H2,16,17). The normalized spacial score (nSPS) is 20.3. The Morgan fingerprint density at radius 3 is 2.45 bits per heavy atom. The van der Waals surface area contributed by atoms with E-state index < -0.39 is 0 Å². The van der Waals surface area contributed by atoms with Crippen molar-refractivity contribution >= 4 is 23.3 Å². The van der Waals surface area contributed by atoms with Gasteiger partial charge in [0.15, 0.2) is 0 Å². The van der Waals surface area contributed by atoms with Crippen LogP contribution < -0.4 is 10.6 Å². The van der Waals surface area contributed by atoms with Crippen molar-refractivity contribution < 1.29 is 9.47 Å². The third-order valence-electron chi connectivity index (χ3n) is 3.94. The lowest BCUT2D eigenvalue weighted by Gasteiger charge is -2.29. The fourth-order valence-electron chi connectivity index (χ4n) is 2.69. The smallest absolute Gasteiger partial charge is 0.126 e. The van der Waals surface area contributed by atoms with E-state index in [2.05, 4.69) is 20.9 Å². The number of nitrogens with zero attached hydrogens (tertiary/aromatic N) is 3. The molecule has 6 nitrogen and oxygen atoms in total. The summed E-state index contributed by atoms with van der Waals surface area (Å²) in [5, 5.41) is 1.01. The van der Waals surface area contributed by atoms with Crippen LogP contribution in [0.5, 0.6) is 0 Å². The SMILES string of the molecule is Nc1cc(N2CCOCC2)cc(SCCN2CCOCC2)n1. The van der Waals surface area contributed by atoms with Gasteiger partial charge >= 0.3 is 0 Å². The predicted molar refractivity (Wildman–Crippen MR) is 89.7 cm³/mol. The molecule has 7 heteroatoms. The Hall–Kier alpha value is -1.02. The van der Waals surface area contributed by atoms with Gasteiger partial charge in [-0.15, -0.1) is 11.8 Å². The van der Waals surface area contributed by atoms with E-state index in [0.717, 1.165) is 75.6 Å². The predicted octanol–water partition coefficient (Wildman–Crippen LogP) is 0.925. The first-order valence-corrected chi connectivity index (χ1v) is 8.83. The Kier molecular flexibility index (Phi) is 5.77. The van der Waals surface area contributed by atoms with Crippen LogP contribution in [0.15, 0.2) is 17.2 Å². The summed E-state index contributed by atoms with van der Waals surface area (Å²) in [5.41, 5.74) is 7.13. The molecule has 0 radical (unpaired) electrons. The number of nitrogen functional groups attached to an aromatic ring is 1. The summed E-state index contributed by atoms with van der Waals surface area (Å²) in [4.78, 5) is 9.20. The number of ether oxygens (including phenoxy) is 2. The van der Waals surface area contributed by atoms with Gasteiger partial charge in [0.2, 0.25) is 0 Å². The van der Waals surface area contributed by atoms with Gasteiger partial charge in [0, 0.05) is 50.2 Å². The van der Waals surface area contributed by atoms with E-state index in [-0.39, 0.29) is 0 Å². The summed E-state index contributed by atoms with van der Waals surface area (Å²) >= 11 is 1.77. The van der Waals surface area contributed by atoms with Gasteiger partial charge in [-0.25, -0.2) is 4.98 Å². The number of aromatic nitrogens is 1. The minimum atomic E-state index is 0.595. The number of morpholine rings is 2. The van der Waals surface area contributed by atoms with Gasteiger partial charge in [0.1, 0.15) is 10.8 Å². The molecule has 3 heterocycles. The second-order valence-corrected chi connectivity index (χ2v) is 6.61. The van der Waals surface area contributed by atoms with Crippen LogP contribution in [0, 0.1) is 0 Å². The highest BCUT2D eigenvalue weighted by atomic mass is 32.2. The largest absolute Gasteiger partial charge is 0.384 e. The van der Waals surface area contributed by atoms with Gasteiger partial charge in [-0.2, -0.15) is 0 Å². The summed E-state index contributed by atoms with van der Waals surface area (Å²) in [6.45, 7) is 8.22. The van der Waals surface area contributed by atoms with Gasteiger partial charge < -0.3 is 20.1 Å². The molecule has 0 unspecified atom stereocenters. The van der Waals surface area contributed by atoms with Crippen molar-refractivity contribution in [1.29, 1.82) is 0 Å². The molecule has 2 saturated heterocycles. The monoisotopic (exact) mass is 324 g/mol. The van der Waals surface area contributed by atoms with Crippen molar-refractivity contribution in [2.45, 2.75) is 5.03 Å². The van der Waals surface area contributed by atoms with Crippen molar-refractivity contribution in [2.75, 3.05) is 75.5 Å². The number of anilines is 2. The van der Waals surface area contributed by atoms with Crippen LogP contribution in [-0.4, -0.2) is 74.8 Å². The molecular weight excluding hydrogens is 300 g/mol. The van der Waals surface area contributed by atoms with Crippen molar-refractivity contribution in [2.24, 2.45) is 0 Å². The van der Waals surface area contributed by atoms with Crippen molar-refractivity contribution in [3.8, 4) is 0 Å². The molecule has 122 valence electrons. The van der Waals surface area contributed by atoms with Crippen LogP contribution in [0.1, 0.15) is 0 Å². The quantitative estimate of drug-likeness (QED) is 0.808. The lowest BCUT2D eigenvalue weighted by molar-refractivity contribution is 0.0410. The Balaban J connectivity index is 1.54. The first kappa shape index (κ1) is 15.9. The molecule has 0 saturated carbocycles. The van der Waals surface area contributed by atoms with Crippen molar-refractivity contribution in [3.63, 3.8) is 0 Å². The maximum atomic E-state index is 5.97. The van der Waals surface area contributed by atoms with Crippen LogP contribution in [0.2, 0.25) is 0 Å². The molecule has 1 aromatic rings. The molecule has 2 fully saturated rings. The number of hydrogen-bond donors (Lipinski definition) is 1. The molecule has 2 aliphatic rings. The molecule has 22 heavy (non-hydrogen) atoms. The van der Waals surface area contributed by atoms with Crippen molar-refractivity contribution in [3.05, 3.63) is 12.1 Å². The molecule has 2 N–H and O–H groups in total. The van der Waals surface area contributed by atoms with Crippen LogP contribution in [0.4, 0.5) is 11.5 Å². The zero-order valence-corrected chi connectivity index (χ0v) is 13.7. The molecule has 0 amide bonds. The first-order chi connectivity index (χ1) is 10.8. The van der Waals surface area contributed by atoms with Gasteiger partial charge in [-0.05, 0) is 6.07 Å². The number of pyridine rings is 1. The molecule has 0 atom stereocenters. The molecule has 3 rings (SSSR count). The van der Waals surface area contributed by atoms with E-state index in [4.69, 9.17) is 15.2 Å². The van der Waals surface area contributed by atoms with E-state index in [0.29, 0.717) is 5.82 Å². The van der Waals surface area contributed by atoms with Crippen LogP contribution in [0.3, 0.4) is 0 Å². The van der Waals surface area contributed by atoms with Crippen molar-refractivity contribution in [1.82, 2.24) is 9.88 Å². The molecule has 1 aromatic heterocycles. The Bertz CT molecular complexity index is 477. The second kappa shape index (κ2) is 8.01. The zero-order valence-electron chi connectivity index (χ0n) is 12.9. The van der Waals surface area contributed by atoms with Crippen LogP contribution in [-0.2, 0) is 9.47 Å². The van der Waals surface area contributed by atoms with Gasteiger partial charge in [0.05, 0.1) is 26.4 Å². The van der Waals surface area contributed by atoms with Crippen LogP contribution >= 0.6 is 11.8 Å². The lowest BCUT2D eigenvalue weighted by Crippen LogP contribution is -2.37. The second-order valence-electron chi connectivity index (χ2n) is 5.49. The van der Waals surface area contributed by atoms with E-state index in [1.54, 1.807) is 11.8 Å². The minimum Gasteiger partial charge on any atom is -0.384 e. The first-order valence-electron chi connectivity index (χ1n) is 7.84. The number of hydrogen-bond acceptors (Lipinski definition) is 7. The molecule has 0 aromatic carbocycles. The third kappa shape index (κ3) is 4.49. The maximum Gasteiger partial charge on any atom is 0.126 e. The fraction of sp³-hybridized carbons (Fsp3) is 0.667. The topological polar surface area (TPSA) is 63.8 Å². The maximum absolute atomic E-state index is 5.97. The summed E-state index contributed by atoms with van der Waals surface area (Å²) in [7, 11) is 0. The van der Waals surface area contributed by atoms with E-state index in [1.807, 2.05) is 6.07 Å². The van der Waals surface area contributed by atoms with Gasteiger partial charge in [-0.1, -0.05) is 0 Å². The Morgan fingerprint density at radius 1 is 1.05 bits per heavy atom. The van der Waals surface area contributed by atoms with E-state index in [9.17, 15) is 0 Å². The lowest BCUT2D eigenvalue weighted by atomic mass is 10.3. The van der Waals surface area contributed by atoms with E-state index >= 15 is 0 Å². The average molecular weight is 324 g/mol. The van der Waals surface area contributed by atoms with E-state index in [1.165, 1.54) is 0 Å². The third-order valence-corrected chi connectivity index (χ3v) is 4.84.